The molecule has 0 saturated carbocycles. The second-order valence-electron chi connectivity index (χ2n) is 6.42. The molecule has 2 heteroatoms. The lowest BCUT2D eigenvalue weighted by molar-refractivity contribution is 0.215. The number of hydrogen-bond donors (Lipinski definition) is 0. The first kappa shape index (κ1) is 31.4. The van der Waals surface area contributed by atoms with Crippen molar-refractivity contribution in [3.8, 4) is 0 Å². The van der Waals surface area contributed by atoms with E-state index in [9.17, 15) is 0 Å². The number of methoxy groups -OCH3 is 2. The van der Waals surface area contributed by atoms with Crippen LogP contribution in [-0.4, -0.2) is 27.9 Å². The van der Waals surface area contributed by atoms with Crippen molar-refractivity contribution in [2.45, 2.75) is 75.7 Å². The molecule has 0 amide bonds. The van der Waals surface area contributed by atoms with E-state index in [2.05, 4.69) is 71.8 Å². The third-order valence-corrected chi connectivity index (χ3v) is 0.289. The fourth-order valence-corrected chi connectivity index (χ4v) is 0. The molecule has 2 nitrogen and oxygen atoms in total. The van der Waals surface area contributed by atoms with E-state index < -0.39 is 0 Å². The normalized spacial score (nSPS) is 8.53. The zero-order valence-corrected chi connectivity index (χ0v) is 16.3. The third-order valence-electron chi connectivity index (χ3n) is 0.289. The summed E-state index contributed by atoms with van der Waals surface area (Å²) in [5.74, 6) is 0.833. The molecule has 0 aromatic rings. The molecular formula is C17H44O2. The minimum Gasteiger partial charge on any atom is -0.388 e. The summed E-state index contributed by atoms with van der Waals surface area (Å²) >= 11 is 0. The van der Waals surface area contributed by atoms with Gasteiger partial charge in [-0.1, -0.05) is 68.7 Å². The standard InChI is InChI=1S/C5H12.C4H10.C3H8O.C3H8.C2H6O/c1-5(2,3)4;1-4(2)3;1-3-4-2;2*1-3-2/h1-4H3;4H,1-3H3;3H2,1-2H3;3H2,1-2H3;1-2H3. The van der Waals surface area contributed by atoms with Crippen molar-refractivity contribution in [3.05, 3.63) is 0 Å². The molecule has 0 N–H and O–H groups in total. The van der Waals surface area contributed by atoms with E-state index in [1.54, 1.807) is 21.3 Å². The van der Waals surface area contributed by atoms with Crippen molar-refractivity contribution < 1.29 is 9.47 Å². The maximum atomic E-state index is 4.54. The highest BCUT2D eigenvalue weighted by atomic mass is 16.5. The number of rotatable bonds is 1. The summed E-state index contributed by atoms with van der Waals surface area (Å²) in [7, 11) is 4.93. The van der Waals surface area contributed by atoms with Gasteiger partial charge in [0.25, 0.3) is 0 Å². The van der Waals surface area contributed by atoms with Gasteiger partial charge < -0.3 is 9.47 Å². The molecule has 19 heavy (non-hydrogen) atoms. The topological polar surface area (TPSA) is 18.5 Å². The first-order valence-corrected chi connectivity index (χ1v) is 7.37. The summed E-state index contributed by atoms with van der Waals surface area (Å²) in [5.41, 5.74) is 0.500. The van der Waals surface area contributed by atoms with Gasteiger partial charge in [0.05, 0.1) is 0 Å². The van der Waals surface area contributed by atoms with Gasteiger partial charge in [-0.2, -0.15) is 0 Å². The van der Waals surface area contributed by atoms with Crippen molar-refractivity contribution in [3.63, 3.8) is 0 Å². The third kappa shape index (κ3) is 5370. The summed E-state index contributed by atoms with van der Waals surface area (Å²) in [6, 6.07) is 0. The monoisotopic (exact) mass is 280 g/mol. The molecule has 0 bridgehead atoms. The molecule has 0 unspecified atom stereocenters. The van der Waals surface area contributed by atoms with Crippen LogP contribution in [0.25, 0.3) is 0 Å². The molecule has 0 saturated heterocycles. The second kappa shape index (κ2) is 30.7. The van der Waals surface area contributed by atoms with E-state index in [1.165, 1.54) is 6.42 Å². The average molecular weight is 281 g/mol. The number of hydrogen-bond acceptors (Lipinski definition) is 2. The lowest BCUT2D eigenvalue weighted by atomic mass is 10.0. The van der Waals surface area contributed by atoms with Gasteiger partial charge in [0.1, 0.15) is 0 Å². The van der Waals surface area contributed by atoms with Crippen LogP contribution in [0, 0.1) is 11.3 Å². The lowest BCUT2D eigenvalue weighted by Crippen LogP contribution is -1.93. The zero-order valence-electron chi connectivity index (χ0n) is 16.3. The van der Waals surface area contributed by atoms with Gasteiger partial charge in [0, 0.05) is 27.9 Å². The van der Waals surface area contributed by atoms with E-state index in [-0.39, 0.29) is 0 Å². The average Bonchev–Trinajstić information content (AvgIpc) is 2.16. The van der Waals surface area contributed by atoms with Crippen LogP contribution in [0.4, 0.5) is 0 Å². The Balaban J connectivity index is -0.0000000437. The molecule has 124 valence electrons. The smallest absolute Gasteiger partial charge is 0.0433 e. The molecule has 0 aliphatic carbocycles. The van der Waals surface area contributed by atoms with Gasteiger partial charge in [0.2, 0.25) is 0 Å². The van der Waals surface area contributed by atoms with Crippen molar-refractivity contribution in [2.75, 3.05) is 27.9 Å². The van der Waals surface area contributed by atoms with E-state index in [0.29, 0.717) is 5.41 Å². The van der Waals surface area contributed by atoms with Crippen LogP contribution in [-0.2, 0) is 9.47 Å². The molecule has 0 aromatic heterocycles. The van der Waals surface area contributed by atoms with Crippen LogP contribution in [0.15, 0.2) is 0 Å². The maximum Gasteiger partial charge on any atom is 0.0433 e. The Morgan fingerprint density at radius 2 is 0.842 bits per heavy atom. The Labute approximate surface area is 125 Å². The predicted molar refractivity (Wildman–Crippen MR) is 92.1 cm³/mol. The van der Waals surface area contributed by atoms with Gasteiger partial charge in [0.15, 0.2) is 0 Å². The van der Waals surface area contributed by atoms with E-state index >= 15 is 0 Å². The van der Waals surface area contributed by atoms with Crippen LogP contribution in [0.1, 0.15) is 75.7 Å². The largest absolute Gasteiger partial charge is 0.388 e. The SMILES string of the molecule is CC(C)(C)C.CC(C)C.CCC.CCOC.COC. The molecule has 0 aromatic carbocycles. The summed E-state index contributed by atoms with van der Waals surface area (Å²) < 4.78 is 8.79. The van der Waals surface area contributed by atoms with Gasteiger partial charge in [-0.25, -0.2) is 0 Å². The highest BCUT2D eigenvalue weighted by Gasteiger charge is 1.95. The van der Waals surface area contributed by atoms with Gasteiger partial charge in [-0.15, -0.1) is 0 Å². The zero-order chi connectivity index (χ0) is 16.9. The van der Waals surface area contributed by atoms with Crippen molar-refractivity contribution in [2.24, 2.45) is 11.3 Å². The van der Waals surface area contributed by atoms with Gasteiger partial charge in [-0.3, -0.25) is 0 Å². The minimum atomic E-state index is 0.500. The molecule has 0 spiro atoms. The van der Waals surface area contributed by atoms with Crippen LogP contribution in [0.5, 0.6) is 0 Å². The van der Waals surface area contributed by atoms with Crippen LogP contribution < -0.4 is 0 Å². The molecule has 0 radical (unpaired) electrons. The highest BCUT2D eigenvalue weighted by molar-refractivity contribution is 4.47. The fraction of sp³-hybridized carbons (Fsp3) is 1.00. The predicted octanol–water partition coefficient (Wildman–Crippen LogP) is 6.05. The highest BCUT2D eigenvalue weighted by Crippen LogP contribution is 2.08. The van der Waals surface area contributed by atoms with E-state index in [0.717, 1.165) is 12.5 Å². The summed E-state index contributed by atoms with van der Waals surface area (Å²) in [6.45, 7) is 22.3. The molecule has 0 atom stereocenters. The molecule has 0 fully saturated rings. The van der Waals surface area contributed by atoms with Gasteiger partial charge >= 0.3 is 0 Å². The van der Waals surface area contributed by atoms with Gasteiger partial charge in [-0.05, 0) is 18.3 Å². The first-order valence-electron chi connectivity index (χ1n) is 7.37. The Kier molecular flexibility index (Phi) is 50.7. The minimum absolute atomic E-state index is 0.500. The molecule has 0 rings (SSSR count). The van der Waals surface area contributed by atoms with E-state index in [1.807, 2.05) is 6.92 Å². The lowest BCUT2D eigenvalue weighted by Gasteiger charge is -2.05. The Hall–Kier alpha value is -0.0800. The maximum absolute atomic E-state index is 4.54. The molecular weight excluding hydrogens is 236 g/mol. The van der Waals surface area contributed by atoms with Crippen LogP contribution >= 0.6 is 0 Å². The Morgan fingerprint density at radius 3 is 0.842 bits per heavy atom. The molecule has 0 aliphatic heterocycles. The van der Waals surface area contributed by atoms with E-state index in [4.69, 9.17) is 0 Å². The van der Waals surface area contributed by atoms with Crippen molar-refractivity contribution >= 4 is 0 Å². The van der Waals surface area contributed by atoms with Crippen LogP contribution in [0.2, 0.25) is 0 Å². The summed E-state index contributed by atoms with van der Waals surface area (Å²) in [5, 5.41) is 0. The van der Waals surface area contributed by atoms with Crippen molar-refractivity contribution in [1.29, 1.82) is 0 Å². The molecule has 0 heterocycles. The Morgan fingerprint density at radius 1 is 0.789 bits per heavy atom. The number of ether oxygens (including phenoxy) is 2. The quantitative estimate of drug-likeness (QED) is 0.582. The first-order chi connectivity index (χ1) is 8.47. The van der Waals surface area contributed by atoms with Crippen molar-refractivity contribution in [1.82, 2.24) is 0 Å². The van der Waals surface area contributed by atoms with Crippen LogP contribution in [0.3, 0.4) is 0 Å². The summed E-state index contributed by atoms with van der Waals surface area (Å²) in [4.78, 5) is 0. The molecule has 0 aliphatic rings. The second-order valence-corrected chi connectivity index (χ2v) is 6.42. The summed E-state index contributed by atoms with van der Waals surface area (Å²) in [6.07, 6.45) is 1.25. The Bertz CT molecular complexity index is 81.2. The fourth-order valence-electron chi connectivity index (χ4n) is 0.